The molecule has 0 bridgehead atoms. The molecular weight excluding hydrogens is 266 g/mol. The summed E-state index contributed by atoms with van der Waals surface area (Å²) in [5.74, 6) is 0. The van der Waals surface area contributed by atoms with Gasteiger partial charge >= 0.3 is 0 Å². The Kier molecular flexibility index (Phi) is 5.37. The minimum Gasteiger partial charge on any atom is -0.377 e. The maximum absolute atomic E-state index is 3.69. The Morgan fingerprint density at radius 1 is 1.00 bits per heavy atom. The first-order chi connectivity index (χ1) is 10.6. The van der Waals surface area contributed by atoms with E-state index in [1.165, 1.54) is 28.0 Å². The molecule has 2 aromatic carbocycles. The highest BCUT2D eigenvalue weighted by atomic mass is 15.1. The zero-order chi connectivity index (χ0) is 15.9. The van der Waals surface area contributed by atoms with Crippen molar-refractivity contribution in [3.63, 3.8) is 0 Å². The van der Waals surface area contributed by atoms with Gasteiger partial charge in [-0.15, -0.1) is 0 Å². The van der Waals surface area contributed by atoms with E-state index in [1.54, 1.807) is 6.08 Å². The molecule has 0 fully saturated rings. The largest absolute Gasteiger partial charge is 0.377 e. The standard InChI is InChI=1S/C21H23N/c1-5-6-7-11-17(2)18-12-10-13-19(16-18)20-14-8-9-15-21(20)22(3)4/h5-16H,1H2,2-4H3/b7-6-,17-11+. The molecule has 0 spiro atoms. The van der Waals surface area contributed by atoms with Crippen molar-refractivity contribution in [2.75, 3.05) is 19.0 Å². The summed E-state index contributed by atoms with van der Waals surface area (Å²) in [6.07, 6.45) is 7.85. The fourth-order valence-electron chi connectivity index (χ4n) is 2.41. The smallest absolute Gasteiger partial charge is 0.0440 e. The molecule has 0 aliphatic heterocycles. The van der Waals surface area contributed by atoms with Crippen molar-refractivity contribution in [1.29, 1.82) is 0 Å². The van der Waals surface area contributed by atoms with Crippen LogP contribution in [0.3, 0.4) is 0 Å². The Morgan fingerprint density at radius 3 is 2.50 bits per heavy atom. The van der Waals surface area contributed by atoms with Gasteiger partial charge in [0.25, 0.3) is 0 Å². The van der Waals surface area contributed by atoms with Crippen LogP contribution in [0.2, 0.25) is 0 Å². The van der Waals surface area contributed by atoms with E-state index in [1.807, 2.05) is 12.2 Å². The summed E-state index contributed by atoms with van der Waals surface area (Å²) in [7, 11) is 4.15. The minimum atomic E-state index is 1.23. The number of rotatable bonds is 5. The average molecular weight is 289 g/mol. The van der Waals surface area contributed by atoms with E-state index in [4.69, 9.17) is 0 Å². The van der Waals surface area contributed by atoms with Crippen molar-refractivity contribution in [3.05, 3.63) is 85.0 Å². The van der Waals surface area contributed by atoms with Crippen LogP contribution in [-0.4, -0.2) is 14.1 Å². The molecule has 1 heteroatoms. The van der Waals surface area contributed by atoms with Gasteiger partial charge in [-0.2, -0.15) is 0 Å². The Morgan fingerprint density at radius 2 is 1.77 bits per heavy atom. The second kappa shape index (κ2) is 7.46. The summed E-state index contributed by atoms with van der Waals surface area (Å²) < 4.78 is 0. The topological polar surface area (TPSA) is 3.24 Å². The maximum atomic E-state index is 3.69. The lowest BCUT2D eigenvalue weighted by atomic mass is 9.98. The van der Waals surface area contributed by atoms with Crippen LogP contribution < -0.4 is 4.90 Å². The third-order valence-corrected chi connectivity index (χ3v) is 3.61. The zero-order valence-corrected chi connectivity index (χ0v) is 13.6. The zero-order valence-electron chi connectivity index (χ0n) is 13.6. The van der Waals surface area contributed by atoms with E-state index in [2.05, 4.69) is 87.1 Å². The monoisotopic (exact) mass is 289 g/mol. The molecule has 0 heterocycles. The van der Waals surface area contributed by atoms with Crippen LogP contribution in [0.25, 0.3) is 16.7 Å². The lowest BCUT2D eigenvalue weighted by Gasteiger charge is -2.18. The Hall–Kier alpha value is -2.54. The first-order valence-corrected chi connectivity index (χ1v) is 7.46. The van der Waals surface area contributed by atoms with Crippen molar-refractivity contribution < 1.29 is 0 Å². The number of allylic oxidation sites excluding steroid dienone is 5. The lowest BCUT2D eigenvalue weighted by Crippen LogP contribution is -2.09. The number of benzene rings is 2. The molecule has 0 saturated heterocycles. The molecule has 112 valence electrons. The lowest BCUT2D eigenvalue weighted by molar-refractivity contribution is 1.13. The number of hydrogen-bond donors (Lipinski definition) is 0. The molecule has 22 heavy (non-hydrogen) atoms. The first-order valence-electron chi connectivity index (χ1n) is 7.46. The number of para-hydroxylation sites is 1. The van der Waals surface area contributed by atoms with Crippen LogP contribution in [0.4, 0.5) is 5.69 Å². The number of nitrogens with zero attached hydrogens (tertiary/aromatic N) is 1. The molecule has 0 atom stereocenters. The predicted octanol–water partition coefficient (Wildman–Crippen LogP) is 5.57. The van der Waals surface area contributed by atoms with Gasteiger partial charge < -0.3 is 4.90 Å². The van der Waals surface area contributed by atoms with Crippen LogP contribution in [0.15, 0.2) is 79.4 Å². The minimum absolute atomic E-state index is 1.23. The first kappa shape index (κ1) is 15.8. The fourth-order valence-corrected chi connectivity index (χ4v) is 2.41. The molecule has 1 nitrogen and oxygen atoms in total. The molecular formula is C21H23N. The van der Waals surface area contributed by atoms with Crippen LogP contribution in [0, 0.1) is 0 Å². The van der Waals surface area contributed by atoms with Crippen LogP contribution >= 0.6 is 0 Å². The van der Waals surface area contributed by atoms with E-state index >= 15 is 0 Å². The third kappa shape index (κ3) is 3.76. The van der Waals surface area contributed by atoms with Gasteiger partial charge in [0.15, 0.2) is 0 Å². The van der Waals surface area contributed by atoms with Gasteiger partial charge in [0.2, 0.25) is 0 Å². The highest BCUT2D eigenvalue weighted by molar-refractivity contribution is 5.80. The molecule has 0 N–H and O–H groups in total. The molecule has 2 aromatic rings. The van der Waals surface area contributed by atoms with Crippen molar-refractivity contribution >= 4 is 11.3 Å². The van der Waals surface area contributed by atoms with Gasteiger partial charge in [-0.05, 0) is 35.8 Å². The van der Waals surface area contributed by atoms with Gasteiger partial charge in [-0.25, -0.2) is 0 Å². The maximum Gasteiger partial charge on any atom is 0.0440 e. The molecule has 0 unspecified atom stereocenters. The molecule has 0 radical (unpaired) electrons. The molecule has 0 aromatic heterocycles. The fraction of sp³-hybridized carbons (Fsp3) is 0.143. The second-order valence-electron chi connectivity index (χ2n) is 5.46. The summed E-state index contributed by atoms with van der Waals surface area (Å²) in [5, 5.41) is 0. The van der Waals surface area contributed by atoms with Crippen LogP contribution in [0.5, 0.6) is 0 Å². The molecule has 0 amide bonds. The van der Waals surface area contributed by atoms with E-state index in [0.29, 0.717) is 0 Å². The van der Waals surface area contributed by atoms with Crippen molar-refractivity contribution in [1.82, 2.24) is 0 Å². The third-order valence-electron chi connectivity index (χ3n) is 3.61. The summed E-state index contributed by atoms with van der Waals surface area (Å²) >= 11 is 0. The molecule has 2 rings (SSSR count). The van der Waals surface area contributed by atoms with E-state index in [-0.39, 0.29) is 0 Å². The SMILES string of the molecule is C=C/C=C\C=C(/C)c1cccc(-c2ccccc2N(C)C)c1. The van der Waals surface area contributed by atoms with Crippen LogP contribution in [-0.2, 0) is 0 Å². The highest BCUT2D eigenvalue weighted by Gasteiger charge is 2.07. The summed E-state index contributed by atoms with van der Waals surface area (Å²) in [6.45, 7) is 5.82. The Bertz CT molecular complexity index is 705. The Labute approximate surface area is 133 Å². The van der Waals surface area contributed by atoms with Crippen molar-refractivity contribution in [3.8, 4) is 11.1 Å². The quantitative estimate of drug-likeness (QED) is 0.651. The Balaban J connectivity index is 2.43. The molecule has 0 saturated carbocycles. The molecule has 0 aliphatic carbocycles. The summed E-state index contributed by atoms with van der Waals surface area (Å²) in [6, 6.07) is 17.2. The van der Waals surface area contributed by atoms with Gasteiger partial charge in [0, 0.05) is 25.3 Å². The van der Waals surface area contributed by atoms with Gasteiger partial charge in [-0.3, -0.25) is 0 Å². The van der Waals surface area contributed by atoms with Crippen molar-refractivity contribution in [2.24, 2.45) is 0 Å². The second-order valence-corrected chi connectivity index (χ2v) is 5.46. The van der Waals surface area contributed by atoms with Gasteiger partial charge in [0.1, 0.15) is 0 Å². The number of hydrogen-bond acceptors (Lipinski definition) is 1. The van der Waals surface area contributed by atoms with E-state index < -0.39 is 0 Å². The van der Waals surface area contributed by atoms with E-state index in [9.17, 15) is 0 Å². The number of anilines is 1. The average Bonchev–Trinajstić information content (AvgIpc) is 2.55. The summed E-state index contributed by atoms with van der Waals surface area (Å²) in [5.41, 5.74) is 6.20. The van der Waals surface area contributed by atoms with Crippen LogP contribution in [0.1, 0.15) is 12.5 Å². The normalized spacial score (nSPS) is 11.7. The van der Waals surface area contributed by atoms with Gasteiger partial charge in [0.05, 0.1) is 0 Å². The molecule has 0 aliphatic rings. The van der Waals surface area contributed by atoms with E-state index in [0.717, 1.165) is 0 Å². The van der Waals surface area contributed by atoms with Crippen molar-refractivity contribution in [2.45, 2.75) is 6.92 Å². The van der Waals surface area contributed by atoms with Gasteiger partial charge in [-0.1, -0.05) is 67.3 Å². The highest BCUT2D eigenvalue weighted by Crippen LogP contribution is 2.31. The summed E-state index contributed by atoms with van der Waals surface area (Å²) in [4.78, 5) is 2.15. The predicted molar refractivity (Wildman–Crippen MR) is 99.2 cm³/mol.